The fourth-order valence-electron chi connectivity index (χ4n) is 3.84. The van der Waals surface area contributed by atoms with Gasteiger partial charge >= 0.3 is 0 Å². The maximum atomic E-state index is 12.7. The molecule has 1 aromatic rings. The van der Waals surface area contributed by atoms with E-state index in [1.54, 1.807) is 13.1 Å². The Bertz CT molecular complexity index is 617. The van der Waals surface area contributed by atoms with E-state index >= 15 is 0 Å². The lowest BCUT2D eigenvalue weighted by Crippen LogP contribution is -2.41. The number of hydrogen-bond donors (Lipinski definition) is 1. The smallest absolute Gasteiger partial charge is 0.244 e. The van der Waals surface area contributed by atoms with Crippen LogP contribution in [0.15, 0.2) is 11.1 Å². The largest absolute Gasteiger partial charge is 0.268 e. The van der Waals surface area contributed by atoms with Gasteiger partial charge in [-0.15, -0.1) is 0 Å². The summed E-state index contributed by atoms with van der Waals surface area (Å²) in [5.41, 5.74) is 0.614. The average Bonchev–Trinajstić information content (AvgIpc) is 3.10. The van der Waals surface area contributed by atoms with Crippen molar-refractivity contribution in [2.45, 2.75) is 82.2 Å². The second-order valence-electron chi connectivity index (χ2n) is 6.99. The molecule has 2 aliphatic rings. The topological polar surface area (TPSA) is 64.0 Å². The third kappa shape index (κ3) is 3.23. The molecule has 0 amide bonds. The first-order valence-corrected chi connectivity index (χ1v) is 10.0. The van der Waals surface area contributed by atoms with Crippen LogP contribution < -0.4 is 4.72 Å². The maximum absolute atomic E-state index is 12.7. The molecule has 0 aliphatic heterocycles. The van der Waals surface area contributed by atoms with Gasteiger partial charge in [0.15, 0.2) is 0 Å². The Morgan fingerprint density at radius 1 is 1.14 bits per heavy atom. The van der Waals surface area contributed by atoms with Gasteiger partial charge in [0.05, 0.1) is 11.7 Å². The number of nitrogens with zero attached hydrogens (tertiary/aromatic N) is 2. The molecule has 1 N–H and O–H groups in total. The van der Waals surface area contributed by atoms with Gasteiger partial charge in [-0.1, -0.05) is 32.6 Å². The number of sulfonamides is 1. The van der Waals surface area contributed by atoms with E-state index in [4.69, 9.17) is 0 Å². The molecule has 0 bridgehead atoms. The molecule has 0 aromatic carbocycles. The third-order valence-electron chi connectivity index (χ3n) is 5.28. The molecule has 0 radical (unpaired) electrons. The van der Waals surface area contributed by atoms with Crippen LogP contribution in [-0.4, -0.2) is 24.2 Å². The standard InChI is InChI=1S/C16H27N3O2S/c1-12-7-3-6-10-15(12)18-22(20,21)16-11-19(17-13(16)2)14-8-4-5-9-14/h11-12,14-15,18H,3-10H2,1-2H3. The fraction of sp³-hybridized carbons (Fsp3) is 0.812. The highest BCUT2D eigenvalue weighted by atomic mass is 32.2. The van der Waals surface area contributed by atoms with Crippen molar-refractivity contribution in [1.82, 2.24) is 14.5 Å². The molecule has 2 saturated carbocycles. The molecule has 5 nitrogen and oxygen atoms in total. The van der Waals surface area contributed by atoms with Crippen LogP contribution in [0.25, 0.3) is 0 Å². The van der Waals surface area contributed by atoms with Crippen molar-refractivity contribution in [1.29, 1.82) is 0 Å². The molecule has 2 atom stereocenters. The van der Waals surface area contributed by atoms with E-state index in [0.29, 0.717) is 22.5 Å². The molecule has 3 rings (SSSR count). The van der Waals surface area contributed by atoms with Crippen molar-refractivity contribution in [2.24, 2.45) is 5.92 Å². The Balaban J connectivity index is 1.79. The molecule has 124 valence electrons. The summed E-state index contributed by atoms with van der Waals surface area (Å²) in [5, 5.41) is 4.47. The van der Waals surface area contributed by atoms with Gasteiger partial charge < -0.3 is 0 Å². The van der Waals surface area contributed by atoms with Gasteiger partial charge in [0.1, 0.15) is 4.90 Å². The summed E-state index contributed by atoms with van der Waals surface area (Å²) < 4.78 is 30.3. The third-order valence-corrected chi connectivity index (χ3v) is 6.87. The van der Waals surface area contributed by atoms with Crippen LogP contribution >= 0.6 is 0 Å². The van der Waals surface area contributed by atoms with E-state index in [0.717, 1.165) is 32.1 Å². The molecule has 22 heavy (non-hydrogen) atoms. The Kier molecular flexibility index (Phi) is 4.59. The highest BCUT2D eigenvalue weighted by molar-refractivity contribution is 7.89. The Morgan fingerprint density at radius 3 is 2.45 bits per heavy atom. The molecule has 0 saturated heterocycles. The zero-order chi connectivity index (χ0) is 15.7. The fourth-order valence-corrected chi connectivity index (χ4v) is 5.39. The minimum Gasteiger partial charge on any atom is -0.268 e. The summed E-state index contributed by atoms with van der Waals surface area (Å²) in [4.78, 5) is 0.358. The Hall–Kier alpha value is -0.880. The lowest BCUT2D eigenvalue weighted by molar-refractivity contribution is 0.310. The molecular weight excluding hydrogens is 298 g/mol. The SMILES string of the molecule is Cc1nn(C2CCCC2)cc1S(=O)(=O)NC1CCCCC1C. The molecule has 1 heterocycles. The van der Waals surface area contributed by atoms with Gasteiger partial charge in [0, 0.05) is 12.2 Å². The van der Waals surface area contributed by atoms with Gasteiger partial charge in [-0.2, -0.15) is 5.10 Å². The predicted molar refractivity (Wildman–Crippen MR) is 86.2 cm³/mol. The van der Waals surface area contributed by atoms with Gasteiger partial charge in [0.2, 0.25) is 10.0 Å². The van der Waals surface area contributed by atoms with E-state index in [9.17, 15) is 8.42 Å². The first-order chi connectivity index (χ1) is 10.5. The molecule has 6 heteroatoms. The molecule has 0 spiro atoms. The van der Waals surface area contributed by atoms with Crippen LogP contribution in [0.3, 0.4) is 0 Å². The quantitative estimate of drug-likeness (QED) is 0.925. The zero-order valence-corrected chi connectivity index (χ0v) is 14.4. The van der Waals surface area contributed by atoms with Gasteiger partial charge in [-0.05, 0) is 38.5 Å². The summed E-state index contributed by atoms with van der Waals surface area (Å²) in [6.07, 6.45) is 10.7. The van der Waals surface area contributed by atoms with Crippen molar-refractivity contribution >= 4 is 10.0 Å². The number of aromatic nitrogens is 2. The summed E-state index contributed by atoms with van der Waals surface area (Å²) >= 11 is 0. The summed E-state index contributed by atoms with van der Waals surface area (Å²) in [6.45, 7) is 3.94. The molecule has 2 unspecified atom stereocenters. The van der Waals surface area contributed by atoms with E-state index in [-0.39, 0.29) is 6.04 Å². The van der Waals surface area contributed by atoms with Crippen molar-refractivity contribution in [3.8, 4) is 0 Å². The van der Waals surface area contributed by atoms with Crippen LogP contribution in [0.5, 0.6) is 0 Å². The van der Waals surface area contributed by atoms with Crippen LogP contribution in [0.2, 0.25) is 0 Å². The highest BCUT2D eigenvalue weighted by Crippen LogP contribution is 2.31. The molecular formula is C16H27N3O2S. The normalized spacial score (nSPS) is 27.4. The van der Waals surface area contributed by atoms with Crippen molar-refractivity contribution in [2.75, 3.05) is 0 Å². The van der Waals surface area contributed by atoms with Gasteiger partial charge in [-0.3, -0.25) is 4.68 Å². The summed E-state index contributed by atoms with van der Waals surface area (Å²) in [6, 6.07) is 0.434. The van der Waals surface area contributed by atoms with E-state index in [1.807, 2.05) is 4.68 Å². The molecule has 2 aliphatic carbocycles. The lowest BCUT2D eigenvalue weighted by Gasteiger charge is -2.29. The number of aryl methyl sites for hydroxylation is 1. The Labute approximate surface area is 133 Å². The van der Waals surface area contributed by atoms with Gasteiger partial charge in [-0.25, -0.2) is 13.1 Å². The first-order valence-electron chi connectivity index (χ1n) is 8.55. The monoisotopic (exact) mass is 325 g/mol. The van der Waals surface area contributed by atoms with Crippen LogP contribution in [0.4, 0.5) is 0 Å². The second-order valence-corrected chi connectivity index (χ2v) is 8.67. The van der Waals surface area contributed by atoms with Crippen molar-refractivity contribution in [3.05, 3.63) is 11.9 Å². The van der Waals surface area contributed by atoms with E-state index in [2.05, 4.69) is 16.7 Å². The maximum Gasteiger partial charge on any atom is 0.244 e. The first kappa shape index (κ1) is 16.0. The molecule has 1 aromatic heterocycles. The van der Waals surface area contributed by atoms with Crippen LogP contribution in [0, 0.1) is 12.8 Å². The zero-order valence-electron chi connectivity index (χ0n) is 13.6. The minimum absolute atomic E-state index is 0.0629. The summed E-state index contributed by atoms with van der Waals surface area (Å²) in [7, 11) is -3.47. The number of nitrogens with one attached hydrogen (secondary N) is 1. The Morgan fingerprint density at radius 2 is 1.77 bits per heavy atom. The number of rotatable bonds is 4. The van der Waals surface area contributed by atoms with Gasteiger partial charge in [0.25, 0.3) is 0 Å². The number of hydrogen-bond acceptors (Lipinski definition) is 3. The highest BCUT2D eigenvalue weighted by Gasteiger charge is 2.29. The lowest BCUT2D eigenvalue weighted by atomic mass is 9.87. The van der Waals surface area contributed by atoms with Crippen molar-refractivity contribution < 1.29 is 8.42 Å². The predicted octanol–water partition coefficient (Wildman–Crippen LogP) is 3.16. The second kappa shape index (κ2) is 6.32. The van der Waals surface area contributed by atoms with E-state index in [1.165, 1.54) is 19.3 Å². The minimum atomic E-state index is -3.47. The van der Waals surface area contributed by atoms with Crippen LogP contribution in [0.1, 0.15) is 70.0 Å². The molecule has 2 fully saturated rings. The van der Waals surface area contributed by atoms with Crippen LogP contribution in [-0.2, 0) is 10.0 Å². The van der Waals surface area contributed by atoms with E-state index < -0.39 is 10.0 Å². The average molecular weight is 325 g/mol. The summed E-state index contributed by atoms with van der Waals surface area (Å²) in [5.74, 6) is 0.411. The van der Waals surface area contributed by atoms with Crippen molar-refractivity contribution in [3.63, 3.8) is 0 Å².